The molecule has 3 amide bonds. The van der Waals surface area contributed by atoms with Gasteiger partial charge in [0.25, 0.3) is 11.5 Å². The number of methoxy groups -OCH3 is 1. The number of aromatic nitrogens is 3. The van der Waals surface area contributed by atoms with E-state index in [4.69, 9.17) is 0 Å². The van der Waals surface area contributed by atoms with Crippen LogP contribution in [-0.4, -0.2) is 57.2 Å². The summed E-state index contributed by atoms with van der Waals surface area (Å²) in [7, 11) is 2.86. The molecule has 0 aliphatic heterocycles. The number of pyridine rings is 1. The average Bonchev–Trinajstić information content (AvgIpc) is 3.53. The van der Waals surface area contributed by atoms with Crippen LogP contribution in [0.3, 0.4) is 0 Å². The molecule has 2 unspecified atom stereocenters. The Hall–Kier alpha value is -4.22. The van der Waals surface area contributed by atoms with Gasteiger partial charge in [0.05, 0.1) is 7.11 Å². The third-order valence-electron chi connectivity index (χ3n) is 9.47. The fourth-order valence-corrected chi connectivity index (χ4v) is 6.40. The normalized spacial score (nSPS) is 23.0. The van der Waals surface area contributed by atoms with Gasteiger partial charge in [-0.05, 0) is 67.1 Å². The standard InChI is InChI=1S/C30H40N6O6/c1-29(2)19-12-14-30(29,3)23(17-19)34-24(37)18-36-16-8-10-21(28(36)41)33-26(39)20(9-6-7-11-25(38)42-5)32-27(40)22-13-15-31-35(22)4/h7-8,10-11,13,15-16,19-20,23H,6,9,12,14,17-18H2,1-5H3,(H,32,40)(H,33,39)(H,34,37)/b11-7+/t19?,20-,23?,30-/m0/s1. The fraction of sp³-hybridized carbons (Fsp3) is 0.533. The molecule has 0 saturated heterocycles. The number of amides is 3. The third kappa shape index (κ3) is 6.17. The summed E-state index contributed by atoms with van der Waals surface area (Å²) in [5.74, 6) is -1.37. The van der Waals surface area contributed by atoms with Crippen molar-refractivity contribution in [2.45, 2.75) is 71.5 Å². The van der Waals surface area contributed by atoms with E-state index in [0.717, 1.165) is 12.8 Å². The van der Waals surface area contributed by atoms with Gasteiger partial charge in [0.2, 0.25) is 11.8 Å². The number of fused-ring (bicyclic) bond motifs is 2. The Labute approximate surface area is 244 Å². The van der Waals surface area contributed by atoms with E-state index in [1.165, 1.54) is 59.5 Å². The molecule has 0 radical (unpaired) electrons. The maximum absolute atomic E-state index is 13.3. The summed E-state index contributed by atoms with van der Waals surface area (Å²) < 4.78 is 7.21. The Bertz CT molecular complexity index is 1440. The van der Waals surface area contributed by atoms with Crippen LogP contribution in [0.4, 0.5) is 5.69 Å². The number of carbonyl (C=O) groups is 4. The Morgan fingerprint density at radius 2 is 1.98 bits per heavy atom. The molecule has 3 N–H and O–H groups in total. The number of esters is 1. The maximum atomic E-state index is 13.3. The van der Waals surface area contributed by atoms with Crippen LogP contribution < -0.4 is 21.5 Å². The summed E-state index contributed by atoms with van der Waals surface area (Å²) >= 11 is 0. The van der Waals surface area contributed by atoms with Crippen molar-refractivity contribution in [3.8, 4) is 0 Å². The van der Waals surface area contributed by atoms with Gasteiger partial charge in [0.1, 0.15) is 24.0 Å². The second-order valence-electron chi connectivity index (χ2n) is 11.9. The van der Waals surface area contributed by atoms with Gasteiger partial charge >= 0.3 is 5.97 Å². The van der Waals surface area contributed by atoms with Crippen molar-refractivity contribution in [3.05, 3.63) is 58.8 Å². The maximum Gasteiger partial charge on any atom is 0.330 e. The first kappa shape index (κ1) is 30.7. The van der Waals surface area contributed by atoms with Crippen molar-refractivity contribution in [1.82, 2.24) is 25.0 Å². The quantitative estimate of drug-likeness (QED) is 0.272. The molecular formula is C30H40N6O6. The molecule has 4 rings (SSSR count). The van der Waals surface area contributed by atoms with Gasteiger partial charge < -0.3 is 25.3 Å². The zero-order valence-electron chi connectivity index (χ0n) is 24.8. The second-order valence-corrected chi connectivity index (χ2v) is 11.9. The van der Waals surface area contributed by atoms with Crippen LogP contribution in [-0.2, 0) is 32.7 Å². The van der Waals surface area contributed by atoms with Gasteiger partial charge in [-0.2, -0.15) is 5.10 Å². The lowest BCUT2D eigenvalue weighted by molar-refractivity contribution is -0.134. The molecule has 0 aromatic carbocycles. The van der Waals surface area contributed by atoms with Gasteiger partial charge in [-0.1, -0.05) is 26.8 Å². The summed E-state index contributed by atoms with van der Waals surface area (Å²) in [4.78, 5) is 63.7. The highest BCUT2D eigenvalue weighted by Gasteiger charge is 2.61. The lowest BCUT2D eigenvalue weighted by Crippen LogP contribution is -2.48. The highest BCUT2D eigenvalue weighted by Crippen LogP contribution is 2.65. The molecular weight excluding hydrogens is 540 g/mol. The van der Waals surface area contributed by atoms with Crippen LogP contribution in [0.5, 0.6) is 0 Å². The predicted octanol–water partition coefficient (Wildman–Crippen LogP) is 2.16. The molecule has 12 heteroatoms. The van der Waals surface area contributed by atoms with Crippen LogP contribution in [0.15, 0.2) is 47.5 Å². The Balaban J connectivity index is 1.43. The zero-order chi connectivity index (χ0) is 30.7. The number of anilines is 1. The number of ether oxygens (including phenoxy) is 1. The van der Waals surface area contributed by atoms with Gasteiger partial charge in [-0.25, -0.2) is 4.79 Å². The Morgan fingerprint density at radius 3 is 2.60 bits per heavy atom. The van der Waals surface area contributed by atoms with Crippen molar-refractivity contribution >= 4 is 29.4 Å². The molecule has 2 bridgehead atoms. The van der Waals surface area contributed by atoms with Gasteiger partial charge in [-0.3, -0.25) is 23.9 Å². The number of rotatable bonds is 11. The molecule has 42 heavy (non-hydrogen) atoms. The van der Waals surface area contributed by atoms with E-state index >= 15 is 0 Å². The summed E-state index contributed by atoms with van der Waals surface area (Å²) in [5, 5.41) is 12.4. The molecule has 2 aromatic rings. The number of hydrogen-bond acceptors (Lipinski definition) is 7. The molecule has 2 saturated carbocycles. The van der Waals surface area contributed by atoms with Crippen molar-refractivity contribution in [1.29, 1.82) is 0 Å². The SMILES string of the molecule is COC(=O)/C=C/CC[C@H](NC(=O)c1ccnn1C)C(=O)Nc1cccn(CC(=O)NC2CC3CC[C@]2(C)C3(C)C)c1=O. The van der Waals surface area contributed by atoms with E-state index in [9.17, 15) is 24.0 Å². The van der Waals surface area contributed by atoms with Gasteiger partial charge in [-0.15, -0.1) is 0 Å². The lowest BCUT2D eigenvalue weighted by atomic mass is 9.69. The highest BCUT2D eigenvalue weighted by atomic mass is 16.5. The van der Waals surface area contributed by atoms with E-state index in [2.05, 4.69) is 46.6 Å². The van der Waals surface area contributed by atoms with Crippen molar-refractivity contribution in [3.63, 3.8) is 0 Å². The van der Waals surface area contributed by atoms with Crippen molar-refractivity contribution in [2.75, 3.05) is 12.4 Å². The molecule has 2 aliphatic carbocycles. The highest BCUT2D eigenvalue weighted by molar-refractivity contribution is 6.00. The van der Waals surface area contributed by atoms with Crippen LogP contribution >= 0.6 is 0 Å². The molecule has 0 spiro atoms. The number of aryl methyl sites for hydroxylation is 1. The van der Waals surface area contributed by atoms with Crippen molar-refractivity contribution in [2.24, 2.45) is 23.8 Å². The Kier molecular flexibility index (Phi) is 9.03. The molecule has 12 nitrogen and oxygen atoms in total. The van der Waals surface area contributed by atoms with Crippen LogP contribution in [0.1, 0.15) is 63.4 Å². The number of nitrogens with one attached hydrogen (secondary N) is 3. The largest absolute Gasteiger partial charge is 0.466 e. The third-order valence-corrected chi connectivity index (χ3v) is 9.47. The number of allylic oxidation sites excluding steroid dienone is 1. The second kappa shape index (κ2) is 12.3. The first-order valence-electron chi connectivity index (χ1n) is 14.2. The molecule has 2 aromatic heterocycles. The average molecular weight is 581 g/mol. The lowest BCUT2D eigenvalue weighted by Gasteiger charge is -2.39. The topological polar surface area (TPSA) is 153 Å². The van der Waals surface area contributed by atoms with E-state index in [1.807, 2.05) is 0 Å². The minimum absolute atomic E-state index is 0.00900. The molecule has 4 atom stereocenters. The minimum atomic E-state index is -1.03. The number of nitrogens with zero attached hydrogens (tertiary/aromatic N) is 3. The molecule has 226 valence electrons. The summed E-state index contributed by atoms with van der Waals surface area (Å²) in [6.07, 6.45) is 9.31. The van der Waals surface area contributed by atoms with E-state index in [1.54, 1.807) is 13.1 Å². The smallest absolute Gasteiger partial charge is 0.330 e. The van der Waals surface area contributed by atoms with E-state index in [0.29, 0.717) is 5.92 Å². The number of carbonyl (C=O) groups excluding carboxylic acids is 4. The number of hydrogen-bond donors (Lipinski definition) is 3. The van der Waals surface area contributed by atoms with Gasteiger partial charge in [0, 0.05) is 31.6 Å². The Morgan fingerprint density at radius 1 is 1.21 bits per heavy atom. The zero-order valence-corrected chi connectivity index (χ0v) is 24.8. The van der Waals surface area contributed by atoms with E-state index < -0.39 is 29.4 Å². The van der Waals surface area contributed by atoms with Gasteiger partial charge in [0.15, 0.2) is 0 Å². The van der Waals surface area contributed by atoms with E-state index in [-0.39, 0.29) is 53.5 Å². The predicted molar refractivity (Wildman–Crippen MR) is 155 cm³/mol. The molecule has 2 heterocycles. The monoisotopic (exact) mass is 580 g/mol. The first-order valence-corrected chi connectivity index (χ1v) is 14.2. The van der Waals surface area contributed by atoms with Crippen molar-refractivity contribution < 1.29 is 23.9 Å². The van der Waals surface area contributed by atoms with Crippen LogP contribution in [0.25, 0.3) is 0 Å². The molecule has 2 fully saturated rings. The summed E-state index contributed by atoms with van der Waals surface area (Å²) in [6.45, 7) is 6.60. The van der Waals surface area contributed by atoms with Crippen LogP contribution in [0, 0.1) is 16.7 Å². The first-order chi connectivity index (χ1) is 19.9. The minimum Gasteiger partial charge on any atom is -0.466 e. The fourth-order valence-electron chi connectivity index (χ4n) is 6.40. The molecule has 2 aliphatic rings. The summed E-state index contributed by atoms with van der Waals surface area (Å²) in [6, 6.07) is 3.56. The van der Waals surface area contributed by atoms with Crippen LogP contribution in [0.2, 0.25) is 0 Å². The summed E-state index contributed by atoms with van der Waals surface area (Å²) in [5.41, 5.74) is -0.159.